The van der Waals surface area contributed by atoms with Gasteiger partial charge in [-0.15, -0.1) is 0 Å². The first-order valence-electron chi connectivity index (χ1n) is 15.3. The van der Waals surface area contributed by atoms with Gasteiger partial charge in [-0.2, -0.15) is 0 Å². The first-order chi connectivity index (χ1) is 20.3. The smallest absolute Gasteiger partial charge is 0.331 e. The van der Waals surface area contributed by atoms with Gasteiger partial charge in [0.2, 0.25) is 0 Å². The topological polar surface area (TPSA) is 168 Å². The summed E-state index contributed by atoms with van der Waals surface area (Å²) in [4.78, 5) is 12.4. The Morgan fingerprint density at radius 2 is 1.02 bits per heavy atom. The summed E-state index contributed by atoms with van der Waals surface area (Å²) in [6.07, 6.45) is 12.8. The summed E-state index contributed by atoms with van der Waals surface area (Å²) in [7, 11) is 0. The van der Waals surface area contributed by atoms with Crippen molar-refractivity contribution in [2.24, 2.45) is 17.8 Å². The average Bonchev–Trinajstić information content (AvgIpc) is 2.89. The first kappa shape index (κ1) is 38.7. The highest BCUT2D eigenvalue weighted by molar-refractivity contribution is 5.82. The highest BCUT2D eigenvalue weighted by Crippen LogP contribution is 2.21. The Labute approximate surface area is 256 Å². The van der Waals surface area contributed by atoms with Crippen LogP contribution in [0.25, 0.3) is 0 Å². The van der Waals surface area contributed by atoms with E-state index in [1.807, 2.05) is 39.8 Å². The maximum absolute atomic E-state index is 12.4. The Morgan fingerprint density at radius 3 is 1.53 bits per heavy atom. The lowest BCUT2D eigenvalue weighted by molar-refractivity contribution is -0.147. The molecule has 0 fully saturated rings. The molecule has 0 aromatic carbocycles. The molecule has 10 atom stereocenters. The standard InChI is InChI=1S/C34H54O9/c1-23(2)34-25(4)15-16-26(35)17-27(36)18-28(37)19-29(38)20-30(39)21-31(40)22-32(41)24(3)13-11-9-7-5-6-8-10-12-14-33(42)43-34/h5-16,23-32,34-41H,17-22H2,1-4H3/b6-5+,9-7+,10-8+,13-11+,14-12+,16-15+/t24-,25-,26-,27-,28+,29-,30+,31+,32+,34-/m1/s1. The number of carbonyl (C=O) groups is 1. The van der Waals surface area contributed by atoms with Crippen molar-refractivity contribution in [3.63, 3.8) is 0 Å². The quantitative estimate of drug-likeness (QED) is 0.175. The van der Waals surface area contributed by atoms with Crippen LogP contribution in [-0.2, 0) is 9.53 Å². The van der Waals surface area contributed by atoms with Crippen LogP contribution in [-0.4, -0.2) is 90.5 Å². The minimum atomic E-state index is -1.07. The molecular weight excluding hydrogens is 552 g/mol. The van der Waals surface area contributed by atoms with E-state index in [-0.39, 0.29) is 56.3 Å². The van der Waals surface area contributed by atoms with E-state index >= 15 is 0 Å². The van der Waals surface area contributed by atoms with E-state index in [9.17, 15) is 40.5 Å². The van der Waals surface area contributed by atoms with Gasteiger partial charge in [0.05, 0.1) is 42.7 Å². The van der Waals surface area contributed by atoms with E-state index < -0.39 is 54.8 Å². The number of aliphatic hydroxyl groups is 7. The molecule has 9 heteroatoms. The molecule has 0 aromatic rings. The molecule has 9 nitrogen and oxygen atoms in total. The molecule has 0 unspecified atom stereocenters. The zero-order chi connectivity index (χ0) is 32.4. The van der Waals surface area contributed by atoms with Crippen molar-refractivity contribution in [3.8, 4) is 0 Å². The van der Waals surface area contributed by atoms with Crippen LogP contribution in [0.5, 0.6) is 0 Å². The predicted octanol–water partition coefficient (Wildman–Crippen LogP) is 3.04. The number of aliphatic hydroxyl groups excluding tert-OH is 7. The van der Waals surface area contributed by atoms with Crippen LogP contribution < -0.4 is 0 Å². The average molecular weight is 607 g/mol. The maximum atomic E-state index is 12.4. The van der Waals surface area contributed by atoms with Crippen LogP contribution in [0.15, 0.2) is 72.9 Å². The monoisotopic (exact) mass is 606 g/mol. The lowest BCUT2D eigenvalue weighted by Crippen LogP contribution is -2.30. The second-order valence-electron chi connectivity index (χ2n) is 12.0. The van der Waals surface area contributed by atoms with Crippen molar-refractivity contribution in [1.82, 2.24) is 0 Å². The van der Waals surface area contributed by atoms with Crippen LogP contribution in [0, 0.1) is 17.8 Å². The third kappa shape index (κ3) is 18.1. The van der Waals surface area contributed by atoms with E-state index in [0.29, 0.717) is 0 Å². The van der Waals surface area contributed by atoms with Crippen LogP contribution >= 0.6 is 0 Å². The molecule has 0 aromatic heterocycles. The molecule has 7 N–H and O–H groups in total. The van der Waals surface area contributed by atoms with Crippen molar-refractivity contribution < 1.29 is 45.3 Å². The minimum Gasteiger partial charge on any atom is -0.458 e. The highest BCUT2D eigenvalue weighted by atomic mass is 16.5. The number of esters is 1. The van der Waals surface area contributed by atoms with Crippen molar-refractivity contribution >= 4 is 5.97 Å². The normalized spacial score (nSPS) is 40.0. The molecule has 43 heavy (non-hydrogen) atoms. The van der Waals surface area contributed by atoms with Crippen molar-refractivity contribution in [1.29, 1.82) is 0 Å². The lowest BCUT2D eigenvalue weighted by Gasteiger charge is -2.25. The molecule has 1 rings (SSSR count). The van der Waals surface area contributed by atoms with E-state index in [0.717, 1.165) is 0 Å². The summed E-state index contributed by atoms with van der Waals surface area (Å²) in [5.74, 6) is -0.922. The molecule has 0 radical (unpaired) electrons. The van der Waals surface area contributed by atoms with Gasteiger partial charge in [0.1, 0.15) is 6.10 Å². The van der Waals surface area contributed by atoms with Crippen LogP contribution in [0.3, 0.4) is 0 Å². The molecule has 244 valence electrons. The van der Waals surface area contributed by atoms with Crippen LogP contribution in [0.4, 0.5) is 0 Å². The lowest BCUT2D eigenvalue weighted by atomic mass is 9.93. The summed E-state index contributed by atoms with van der Waals surface area (Å²) in [5.41, 5.74) is 0. The third-order valence-electron chi connectivity index (χ3n) is 7.30. The molecule has 0 saturated carbocycles. The molecule has 0 amide bonds. The zero-order valence-electron chi connectivity index (χ0n) is 26.0. The first-order valence-corrected chi connectivity index (χ1v) is 15.3. The molecule has 0 aliphatic carbocycles. The largest absolute Gasteiger partial charge is 0.458 e. The van der Waals surface area contributed by atoms with Gasteiger partial charge in [-0.1, -0.05) is 94.5 Å². The number of cyclic esters (lactones) is 1. The van der Waals surface area contributed by atoms with Gasteiger partial charge in [-0.3, -0.25) is 0 Å². The molecule has 0 bridgehead atoms. The fraction of sp³-hybridized carbons (Fsp3) is 0.618. The number of hydrogen-bond donors (Lipinski definition) is 7. The fourth-order valence-corrected chi connectivity index (χ4v) is 4.91. The van der Waals surface area contributed by atoms with Gasteiger partial charge in [-0.25, -0.2) is 4.79 Å². The van der Waals surface area contributed by atoms with Gasteiger partial charge in [0.15, 0.2) is 0 Å². The van der Waals surface area contributed by atoms with Crippen molar-refractivity contribution in [2.75, 3.05) is 0 Å². The van der Waals surface area contributed by atoms with Gasteiger partial charge < -0.3 is 40.5 Å². The van der Waals surface area contributed by atoms with Gasteiger partial charge in [0, 0.05) is 24.3 Å². The molecule has 0 saturated heterocycles. The van der Waals surface area contributed by atoms with E-state index in [1.54, 1.807) is 48.6 Å². The fourth-order valence-electron chi connectivity index (χ4n) is 4.91. The maximum Gasteiger partial charge on any atom is 0.331 e. The SMILES string of the molecule is CC(C)[C@H]1OC(=O)/C=C/C=C/C=C/C=C/C=C/[C@@H](C)[C@@H](O)C[C@@H](O)C[C@@H](O)C[C@H](O)C[C@@H](O)C[C@H](O)C[C@H](O)/C=C/[C@H]1C. The van der Waals surface area contributed by atoms with Crippen molar-refractivity contribution in [3.05, 3.63) is 72.9 Å². The Bertz CT molecular complexity index is 952. The number of allylic oxidation sites excluding steroid dienone is 8. The van der Waals surface area contributed by atoms with Gasteiger partial charge >= 0.3 is 5.97 Å². The molecule has 1 aliphatic heterocycles. The van der Waals surface area contributed by atoms with Gasteiger partial charge in [0.25, 0.3) is 0 Å². The number of carbonyl (C=O) groups excluding carboxylic acids is 1. The van der Waals surface area contributed by atoms with Crippen molar-refractivity contribution in [2.45, 2.75) is 115 Å². The van der Waals surface area contributed by atoms with E-state index in [2.05, 4.69) is 0 Å². The highest BCUT2D eigenvalue weighted by Gasteiger charge is 2.25. The number of hydrogen-bond acceptors (Lipinski definition) is 9. The number of rotatable bonds is 1. The second-order valence-corrected chi connectivity index (χ2v) is 12.0. The van der Waals surface area contributed by atoms with E-state index in [1.165, 1.54) is 12.2 Å². The van der Waals surface area contributed by atoms with Crippen LogP contribution in [0.1, 0.15) is 66.2 Å². The number of ether oxygens (including phenoxy) is 1. The van der Waals surface area contributed by atoms with Gasteiger partial charge in [-0.05, 0) is 38.0 Å². The Morgan fingerprint density at radius 1 is 0.581 bits per heavy atom. The Hall–Kier alpha value is -2.37. The third-order valence-corrected chi connectivity index (χ3v) is 7.30. The zero-order valence-corrected chi connectivity index (χ0v) is 26.0. The molecular formula is C34H54O9. The summed E-state index contributed by atoms with van der Waals surface area (Å²) in [5, 5.41) is 72.4. The summed E-state index contributed by atoms with van der Waals surface area (Å²) >= 11 is 0. The summed E-state index contributed by atoms with van der Waals surface area (Å²) < 4.78 is 5.65. The minimum absolute atomic E-state index is 0.0164. The molecule has 0 spiro atoms. The summed E-state index contributed by atoms with van der Waals surface area (Å²) in [6, 6.07) is 0. The predicted molar refractivity (Wildman–Crippen MR) is 168 cm³/mol. The molecule has 1 heterocycles. The second kappa shape index (κ2) is 21.4. The van der Waals surface area contributed by atoms with Crippen LogP contribution in [0.2, 0.25) is 0 Å². The van der Waals surface area contributed by atoms with E-state index in [4.69, 9.17) is 4.74 Å². The Balaban J connectivity index is 2.98. The summed E-state index contributed by atoms with van der Waals surface area (Å²) in [6.45, 7) is 7.56. The Kier molecular flexibility index (Phi) is 19.2. The molecule has 1 aliphatic rings.